The quantitative estimate of drug-likeness (QED) is 0.877. The van der Waals surface area contributed by atoms with Gasteiger partial charge in [0.2, 0.25) is 5.91 Å². The van der Waals surface area contributed by atoms with Gasteiger partial charge in [0, 0.05) is 29.4 Å². The molecule has 2 rings (SSSR count). The van der Waals surface area contributed by atoms with Crippen LogP contribution in [0.2, 0.25) is 0 Å². The van der Waals surface area contributed by atoms with E-state index in [9.17, 15) is 9.00 Å². The summed E-state index contributed by atoms with van der Waals surface area (Å²) in [6.45, 7) is 2.92. The van der Waals surface area contributed by atoms with Gasteiger partial charge in [-0.15, -0.1) is 0 Å². The molecule has 1 heterocycles. The molecule has 0 radical (unpaired) electrons. The summed E-state index contributed by atoms with van der Waals surface area (Å²) in [4.78, 5) is 13.6. The van der Waals surface area contributed by atoms with Gasteiger partial charge in [-0.05, 0) is 12.5 Å². The molecule has 1 amide bonds. The summed E-state index contributed by atoms with van der Waals surface area (Å²) in [5.74, 6) is 0.599. The summed E-state index contributed by atoms with van der Waals surface area (Å²) in [6, 6.07) is 8.11. The maximum atomic E-state index is 11.8. The third-order valence-electron chi connectivity index (χ3n) is 3.06. The summed E-state index contributed by atoms with van der Waals surface area (Å²) < 4.78 is 11.2. The first-order chi connectivity index (χ1) is 8.58. The topological polar surface area (TPSA) is 49.4 Å². The first-order valence-corrected chi connectivity index (χ1v) is 7.70. The van der Waals surface area contributed by atoms with Crippen molar-refractivity contribution in [2.45, 2.75) is 13.1 Å². The average molecular weight is 266 g/mol. The van der Waals surface area contributed by atoms with Crippen LogP contribution < -0.4 is 5.32 Å². The molecular weight excluding hydrogens is 248 g/mol. The van der Waals surface area contributed by atoms with Crippen LogP contribution in [-0.4, -0.2) is 40.1 Å². The first kappa shape index (κ1) is 13.2. The van der Waals surface area contributed by atoms with Crippen LogP contribution in [-0.2, 0) is 15.6 Å². The Kier molecular flexibility index (Phi) is 4.14. The van der Waals surface area contributed by atoms with Crippen molar-refractivity contribution in [2.24, 2.45) is 0 Å². The van der Waals surface area contributed by atoms with E-state index in [-0.39, 0.29) is 12.1 Å². The number of nitrogens with one attached hydrogen (secondary N) is 1. The van der Waals surface area contributed by atoms with Crippen LogP contribution in [0.1, 0.15) is 17.3 Å². The van der Waals surface area contributed by atoms with Crippen LogP contribution >= 0.6 is 0 Å². The molecule has 1 aromatic rings. The van der Waals surface area contributed by atoms with E-state index in [2.05, 4.69) is 11.4 Å². The number of hydrogen-bond donors (Lipinski definition) is 1. The molecule has 1 fully saturated rings. The molecule has 2 atom stereocenters. The zero-order valence-electron chi connectivity index (χ0n) is 10.7. The van der Waals surface area contributed by atoms with Gasteiger partial charge in [-0.25, -0.2) is 0 Å². The van der Waals surface area contributed by atoms with E-state index < -0.39 is 10.8 Å². The smallest absolute Gasteiger partial charge is 0.238 e. The van der Waals surface area contributed by atoms with E-state index in [1.807, 2.05) is 25.1 Å². The lowest BCUT2D eigenvalue weighted by atomic mass is 10.1. The highest BCUT2D eigenvalue weighted by atomic mass is 32.2. The highest BCUT2D eigenvalue weighted by molar-refractivity contribution is 7.84. The number of amides is 1. The first-order valence-electron chi connectivity index (χ1n) is 5.97. The monoisotopic (exact) mass is 266 g/mol. The van der Waals surface area contributed by atoms with E-state index in [0.29, 0.717) is 18.8 Å². The Morgan fingerprint density at radius 3 is 2.94 bits per heavy atom. The molecule has 1 aromatic carbocycles. The predicted molar refractivity (Wildman–Crippen MR) is 72.6 cm³/mol. The Bertz CT molecular complexity index is 476. The summed E-state index contributed by atoms with van der Waals surface area (Å²) >= 11 is 0. The largest absolute Gasteiger partial charge is 0.321 e. The van der Waals surface area contributed by atoms with Crippen LogP contribution in [0, 0.1) is 6.92 Å². The molecule has 0 bridgehead atoms. The lowest BCUT2D eigenvalue weighted by molar-refractivity contribution is -0.127. The van der Waals surface area contributed by atoms with Gasteiger partial charge >= 0.3 is 0 Å². The van der Waals surface area contributed by atoms with Crippen molar-refractivity contribution in [1.82, 2.24) is 10.2 Å². The van der Waals surface area contributed by atoms with Gasteiger partial charge in [0.1, 0.15) is 6.17 Å². The van der Waals surface area contributed by atoms with E-state index in [1.54, 1.807) is 11.2 Å². The van der Waals surface area contributed by atoms with Gasteiger partial charge in [0.25, 0.3) is 0 Å². The second kappa shape index (κ2) is 5.63. The molecule has 18 heavy (non-hydrogen) atoms. The van der Waals surface area contributed by atoms with E-state index >= 15 is 0 Å². The van der Waals surface area contributed by atoms with Gasteiger partial charge in [0.15, 0.2) is 0 Å². The minimum absolute atomic E-state index is 0.0759. The van der Waals surface area contributed by atoms with E-state index in [1.165, 1.54) is 5.56 Å². The van der Waals surface area contributed by atoms with Crippen LogP contribution in [0.4, 0.5) is 0 Å². The lowest BCUT2D eigenvalue weighted by Crippen LogP contribution is -2.33. The van der Waals surface area contributed by atoms with Gasteiger partial charge in [-0.1, -0.05) is 29.8 Å². The van der Waals surface area contributed by atoms with Crippen molar-refractivity contribution in [2.75, 3.05) is 25.1 Å². The number of carbonyl (C=O) groups excluding carboxylic acids is 1. The zero-order valence-corrected chi connectivity index (χ0v) is 11.5. The summed E-state index contributed by atoms with van der Waals surface area (Å²) in [6.07, 6.45) is 1.58. The molecular formula is C13H18N2O2S. The Balaban J connectivity index is 2.15. The minimum Gasteiger partial charge on any atom is -0.321 e. The standard InChI is InChI=1S/C13H18N2O2S/c1-10-4-3-5-11(8-10)13-14-9-12(16)15(13)6-7-18(2)17/h3-5,8,13-14H,6-7,9H2,1-2H3. The van der Waals surface area contributed by atoms with Crippen molar-refractivity contribution in [1.29, 1.82) is 0 Å². The maximum Gasteiger partial charge on any atom is 0.238 e. The number of hydrogen-bond acceptors (Lipinski definition) is 3. The van der Waals surface area contributed by atoms with Crippen LogP contribution in [0.3, 0.4) is 0 Å². The summed E-state index contributed by atoms with van der Waals surface area (Å²) in [5, 5.41) is 3.20. The van der Waals surface area contributed by atoms with Crippen LogP contribution in [0.5, 0.6) is 0 Å². The fourth-order valence-corrected chi connectivity index (χ4v) is 2.61. The average Bonchev–Trinajstić information content (AvgIpc) is 2.68. The fraction of sp³-hybridized carbons (Fsp3) is 0.462. The van der Waals surface area contributed by atoms with Crippen molar-refractivity contribution in [3.63, 3.8) is 0 Å². The minimum atomic E-state index is -0.874. The van der Waals surface area contributed by atoms with Crippen molar-refractivity contribution in [3.8, 4) is 0 Å². The number of aryl methyl sites for hydroxylation is 1. The normalized spacial score (nSPS) is 21.3. The zero-order chi connectivity index (χ0) is 13.1. The van der Waals surface area contributed by atoms with Gasteiger partial charge in [-0.3, -0.25) is 14.3 Å². The van der Waals surface area contributed by atoms with Crippen molar-refractivity contribution in [3.05, 3.63) is 35.4 Å². The Morgan fingerprint density at radius 1 is 1.50 bits per heavy atom. The fourth-order valence-electron chi connectivity index (χ4n) is 2.16. The Labute approximate surface area is 110 Å². The second-order valence-electron chi connectivity index (χ2n) is 4.56. The van der Waals surface area contributed by atoms with Gasteiger partial charge < -0.3 is 4.90 Å². The number of nitrogens with zero attached hydrogens (tertiary/aromatic N) is 1. The highest BCUT2D eigenvalue weighted by Gasteiger charge is 2.31. The third-order valence-corrected chi connectivity index (χ3v) is 3.81. The lowest BCUT2D eigenvalue weighted by Gasteiger charge is -2.24. The van der Waals surface area contributed by atoms with E-state index in [4.69, 9.17) is 0 Å². The predicted octanol–water partition coefficient (Wildman–Crippen LogP) is 0.804. The molecule has 2 unspecified atom stereocenters. The van der Waals surface area contributed by atoms with Crippen LogP contribution in [0.15, 0.2) is 24.3 Å². The van der Waals surface area contributed by atoms with E-state index in [0.717, 1.165) is 5.56 Å². The molecule has 0 aromatic heterocycles. The maximum absolute atomic E-state index is 11.8. The second-order valence-corrected chi connectivity index (χ2v) is 6.12. The summed E-state index contributed by atoms with van der Waals surface area (Å²) in [5.41, 5.74) is 2.26. The molecule has 0 spiro atoms. The number of carbonyl (C=O) groups is 1. The molecule has 1 aliphatic rings. The molecule has 1 aliphatic heterocycles. The molecule has 5 heteroatoms. The third kappa shape index (κ3) is 2.97. The molecule has 0 aliphatic carbocycles. The Morgan fingerprint density at radius 2 is 2.28 bits per heavy atom. The Hall–Kier alpha value is -1.20. The molecule has 4 nitrogen and oxygen atoms in total. The van der Waals surface area contributed by atoms with Crippen molar-refractivity contribution >= 4 is 16.7 Å². The molecule has 1 N–H and O–H groups in total. The summed E-state index contributed by atoms with van der Waals surface area (Å²) in [7, 11) is -0.874. The van der Waals surface area contributed by atoms with Gasteiger partial charge in [0.05, 0.1) is 6.54 Å². The molecule has 0 saturated carbocycles. The SMILES string of the molecule is Cc1cccc(C2NCC(=O)N2CCS(C)=O)c1. The number of rotatable bonds is 4. The van der Waals surface area contributed by atoms with Crippen molar-refractivity contribution < 1.29 is 9.00 Å². The number of benzene rings is 1. The van der Waals surface area contributed by atoms with Gasteiger partial charge in [-0.2, -0.15) is 0 Å². The molecule has 98 valence electrons. The molecule has 1 saturated heterocycles. The van der Waals surface area contributed by atoms with Crippen LogP contribution in [0.25, 0.3) is 0 Å². The highest BCUT2D eigenvalue weighted by Crippen LogP contribution is 2.22.